The highest BCUT2D eigenvalue weighted by Gasteiger charge is 2.18. The first kappa shape index (κ1) is 18.1. The van der Waals surface area contributed by atoms with Crippen molar-refractivity contribution in [2.75, 3.05) is 7.11 Å². The fourth-order valence-electron chi connectivity index (χ4n) is 2.99. The predicted molar refractivity (Wildman–Crippen MR) is 111 cm³/mol. The molecule has 0 spiro atoms. The topological polar surface area (TPSA) is 49.1 Å². The van der Waals surface area contributed by atoms with Crippen molar-refractivity contribution < 1.29 is 4.74 Å². The van der Waals surface area contributed by atoms with E-state index in [4.69, 9.17) is 16.3 Å². The fraction of sp³-hybridized carbons (Fsp3) is 0.0909. The third-order valence-electron chi connectivity index (χ3n) is 4.54. The molecule has 4 rings (SSSR count). The van der Waals surface area contributed by atoms with Crippen LogP contribution in [0.3, 0.4) is 0 Å². The van der Waals surface area contributed by atoms with Gasteiger partial charge in [0.15, 0.2) is 5.82 Å². The molecule has 3 aromatic carbocycles. The Bertz CT molecular complexity index is 1180. The maximum atomic E-state index is 13.3. The number of ether oxygens (including phenoxy) is 1. The van der Waals surface area contributed by atoms with Crippen molar-refractivity contribution >= 4 is 11.6 Å². The minimum atomic E-state index is -0.267. The molecule has 0 atom stereocenters. The minimum absolute atomic E-state index is 0.267. The molecule has 0 amide bonds. The molecule has 5 nitrogen and oxygen atoms in total. The molecule has 0 fully saturated rings. The molecule has 0 radical (unpaired) electrons. The third-order valence-corrected chi connectivity index (χ3v) is 4.95. The number of hydrogen-bond acceptors (Lipinski definition) is 3. The zero-order valence-corrected chi connectivity index (χ0v) is 16.2. The molecule has 0 saturated heterocycles. The lowest BCUT2D eigenvalue weighted by molar-refractivity contribution is 0.415. The van der Waals surface area contributed by atoms with Crippen LogP contribution in [0.4, 0.5) is 0 Å². The molecular formula is C22H18ClN3O2. The van der Waals surface area contributed by atoms with Crippen LogP contribution >= 0.6 is 11.6 Å². The number of rotatable bonds is 4. The van der Waals surface area contributed by atoms with Gasteiger partial charge in [-0.05, 0) is 61.0 Å². The van der Waals surface area contributed by atoms with Crippen LogP contribution in [-0.2, 0) is 0 Å². The first-order valence-corrected chi connectivity index (χ1v) is 9.15. The predicted octanol–water partition coefficient (Wildman–Crippen LogP) is 4.66. The van der Waals surface area contributed by atoms with Crippen LogP contribution in [0, 0.1) is 6.92 Å². The van der Waals surface area contributed by atoms with Gasteiger partial charge in [-0.25, -0.2) is 9.36 Å². The van der Waals surface area contributed by atoms with Crippen LogP contribution in [0.1, 0.15) is 5.56 Å². The van der Waals surface area contributed by atoms with Crippen LogP contribution in [0.25, 0.3) is 22.8 Å². The van der Waals surface area contributed by atoms with E-state index in [1.807, 2.05) is 73.7 Å². The number of para-hydroxylation sites is 1. The highest BCUT2D eigenvalue weighted by molar-refractivity contribution is 6.31. The lowest BCUT2D eigenvalue weighted by Crippen LogP contribution is -2.22. The van der Waals surface area contributed by atoms with Gasteiger partial charge in [-0.3, -0.25) is 0 Å². The summed E-state index contributed by atoms with van der Waals surface area (Å²) in [5.41, 5.74) is 2.83. The van der Waals surface area contributed by atoms with Crippen molar-refractivity contribution in [1.29, 1.82) is 0 Å². The zero-order valence-electron chi connectivity index (χ0n) is 15.5. The summed E-state index contributed by atoms with van der Waals surface area (Å²) in [5, 5.41) is 5.21. The van der Waals surface area contributed by atoms with Gasteiger partial charge < -0.3 is 4.74 Å². The van der Waals surface area contributed by atoms with Gasteiger partial charge in [0.05, 0.1) is 18.5 Å². The molecule has 0 unspecified atom stereocenters. The quantitative estimate of drug-likeness (QED) is 0.508. The normalized spacial score (nSPS) is 10.8. The van der Waals surface area contributed by atoms with Crippen LogP contribution in [0.15, 0.2) is 77.6 Å². The minimum Gasteiger partial charge on any atom is -0.497 e. The second-order valence-electron chi connectivity index (χ2n) is 6.35. The van der Waals surface area contributed by atoms with Gasteiger partial charge in [0, 0.05) is 10.6 Å². The average molecular weight is 392 g/mol. The van der Waals surface area contributed by atoms with E-state index in [1.54, 1.807) is 17.7 Å². The summed E-state index contributed by atoms with van der Waals surface area (Å²) in [7, 11) is 1.61. The molecule has 28 heavy (non-hydrogen) atoms. The smallest absolute Gasteiger partial charge is 0.355 e. The molecular weight excluding hydrogens is 374 g/mol. The Morgan fingerprint density at radius 1 is 0.929 bits per heavy atom. The van der Waals surface area contributed by atoms with E-state index in [0.29, 0.717) is 22.2 Å². The summed E-state index contributed by atoms with van der Waals surface area (Å²) in [4.78, 5) is 13.3. The van der Waals surface area contributed by atoms with Crippen molar-refractivity contribution in [2.45, 2.75) is 6.92 Å². The zero-order chi connectivity index (χ0) is 19.7. The van der Waals surface area contributed by atoms with Crippen molar-refractivity contribution in [3.63, 3.8) is 0 Å². The largest absolute Gasteiger partial charge is 0.497 e. The average Bonchev–Trinajstić information content (AvgIpc) is 3.08. The Morgan fingerprint density at radius 3 is 2.29 bits per heavy atom. The van der Waals surface area contributed by atoms with Crippen molar-refractivity contribution in [1.82, 2.24) is 14.3 Å². The molecule has 0 bridgehead atoms. The lowest BCUT2D eigenvalue weighted by Gasteiger charge is -2.08. The third kappa shape index (κ3) is 3.21. The van der Waals surface area contributed by atoms with E-state index in [0.717, 1.165) is 16.9 Å². The summed E-state index contributed by atoms with van der Waals surface area (Å²) in [6, 6.07) is 22.3. The second-order valence-corrected chi connectivity index (χ2v) is 6.76. The Hall–Kier alpha value is -3.31. The Labute approximate surface area is 167 Å². The van der Waals surface area contributed by atoms with Gasteiger partial charge in [-0.2, -0.15) is 4.68 Å². The van der Waals surface area contributed by atoms with E-state index >= 15 is 0 Å². The van der Waals surface area contributed by atoms with Crippen molar-refractivity contribution in [3.05, 3.63) is 93.9 Å². The molecule has 1 aromatic heterocycles. The Kier molecular flexibility index (Phi) is 4.75. The summed E-state index contributed by atoms with van der Waals surface area (Å²) < 4.78 is 8.20. The van der Waals surface area contributed by atoms with Crippen LogP contribution in [0.2, 0.25) is 5.02 Å². The summed E-state index contributed by atoms with van der Waals surface area (Å²) >= 11 is 6.32. The van der Waals surface area contributed by atoms with Gasteiger partial charge in [-0.1, -0.05) is 35.9 Å². The number of aromatic nitrogens is 3. The molecule has 0 N–H and O–H groups in total. The molecule has 0 aliphatic heterocycles. The van der Waals surface area contributed by atoms with Gasteiger partial charge in [-0.15, -0.1) is 5.10 Å². The maximum Gasteiger partial charge on any atom is 0.355 e. The monoisotopic (exact) mass is 391 g/mol. The molecule has 6 heteroatoms. The molecule has 0 saturated carbocycles. The summed E-state index contributed by atoms with van der Waals surface area (Å²) in [5.74, 6) is 1.26. The van der Waals surface area contributed by atoms with Crippen LogP contribution in [-0.4, -0.2) is 21.5 Å². The van der Waals surface area contributed by atoms with E-state index in [9.17, 15) is 4.79 Å². The van der Waals surface area contributed by atoms with E-state index in [1.165, 1.54) is 4.68 Å². The standard InChI is InChI=1S/C22H18ClN3O2/c1-15-8-11-18(14-20(15)23)25-21(16-9-12-19(28-2)13-10-16)24-26(22(25)27)17-6-4-3-5-7-17/h3-14H,1-2H3. The number of nitrogens with zero attached hydrogens (tertiary/aromatic N) is 3. The van der Waals surface area contributed by atoms with Crippen LogP contribution in [0.5, 0.6) is 5.75 Å². The molecule has 140 valence electrons. The van der Waals surface area contributed by atoms with E-state index in [-0.39, 0.29) is 5.69 Å². The van der Waals surface area contributed by atoms with Crippen LogP contribution < -0.4 is 10.4 Å². The number of halogens is 1. The van der Waals surface area contributed by atoms with Gasteiger partial charge in [0.1, 0.15) is 5.75 Å². The first-order chi connectivity index (χ1) is 13.6. The second kappa shape index (κ2) is 7.37. The number of benzene rings is 3. The van der Waals surface area contributed by atoms with E-state index < -0.39 is 0 Å². The SMILES string of the molecule is COc1ccc(-c2nn(-c3ccccc3)c(=O)n2-c2ccc(C)c(Cl)c2)cc1. The Morgan fingerprint density at radius 2 is 1.64 bits per heavy atom. The number of methoxy groups -OCH3 is 1. The van der Waals surface area contributed by atoms with Crippen molar-refractivity contribution in [3.8, 4) is 28.5 Å². The maximum absolute atomic E-state index is 13.3. The Balaban J connectivity index is 1.97. The summed E-state index contributed by atoms with van der Waals surface area (Å²) in [6.45, 7) is 1.92. The highest BCUT2D eigenvalue weighted by Crippen LogP contribution is 2.25. The number of aryl methyl sites for hydroxylation is 1. The molecule has 1 heterocycles. The summed E-state index contributed by atoms with van der Waals surface area (Å²) in [6.07, 6.45) is 0. The molecule has 4 aromatic rings. The fourth-order valence-corrected chi connectivity index (χ4v) is 3.16. The first-order valence-electron chi connectivity index (χ1n) is 8.77. The van der Waals surface area contributed by atoms with Gasteiger partial charge in [0.25, 0.3) is 0 Å². The number of hydrogen-bond donors (Lipinski definition) is 0. The molecule has 0 aliphatic rings. The highest BCUT2D eigenvalue weighted by atomic mass is 35.5. The van der Waals surface area contributed by atoms with Crippen molar-refractivity contribution in [2.24, 2.45) is 0 Å². The van der Waals surface area contributed by atoms with Gasteiger partial charge in [0.2, 0.25) is 0 Å². The lowest BCUT2D eigenvalue weighted by atomic mass is 10.2. The van der Waals surface area contributed by atoms with E-state index in [2.05, 4.69) is 5.10 Å². The molecule has 0 aliphatic carbocycles. The van der Waals surface area contributed by atoms with Gasteiger partial charge >= 0.3 is 5.69 Å².